The fraction of sp³-hybridized carbons (Fsp3) is 0.316. The zero-order valence-electron chi connectivity index (χ0n) is 15.0. The van der Waals surface area contributed by atoms with Crippen molar-refractivity contribution < 1.29 is 18.0 Å². The van der Waals surface area contributed by atoms with Crippen molar-refractivity contribution in [3.8, 4) is 0 Å². The molecule has 0 unspecified atom stereocenters. The molecule has 2 heterocycles. The first-order valence-electron chi connectivity index (χ1n) is 8.58. The molecule has 7 nitrogen and oxygen atoms in total. The molecule has 3 rings (SSSR count). The summed E-state index contributed by atoms with van der Waals surface area (Å²) in [6.45, 7) is 0.556. The van der Waals surface area contributed by atoms with Gasteiger partial charge >= 0.3 is 0 Å². The van der Waals surface area contributed by atoms with Crippen LogP contribution >= 0.6 is 0 Å². The van der Waals surface area contributed by atoms with E-state index in [0.717, 1.165) is 17.4 Å². The Morgan fingerprint density at radius 1 is 1.26 bits per heavy atom. The molecule has 27 heavy (non-hydrogen) atoms. The van der Waals surface area contributed by atoms with Crippen LogP contribution in [0, 0.1) is 0 Å². The predicted molar refractivity (Wildman–Crippen MR) is 101 cm³/mol. The number of sulfone groups is 1. The maximum atomic E-state index is 12.8. The molecule has 0 saturated carbocycles. The highest BCUT2D eigenvalue weighted by atomic mass is 32.2. The molecule has 1 atom stereocenters. The Morgan fingerprint density at radius 2 is 2.04 bits per heavy atom. The van der Waals surface area contributed by atoms with Crippen LogP contribution in [-0.4, -0.2) is 48.2 Å². The number of aromatic nitrogens is 1. The van der Waals surface area contributed by atoms with Gasteiger partial charge < -0.3 is 10.2 Å². The molecule has 2 aromatic rings. The number of carbonyl (C=O) groups excluding carboxylic acids is 2. The lowest BCUT2D eigenvalue weighted by Crippen LogP contribution is -2.47. The standard InChI is InChI=1S/C19H21N3O4S/c1-27(25,26)10-8-17(18(23)21-12-14-5-4-9-20-11-14)22-13-15-6-2-3-7-16(15)19(22)24/h2-7,9,11,17H,8,10,12-13H2,1H3,(H,21,23)/t17-/m1/s1. The zero-order valence-corrected chi connectivity index (χ0v) is 15.8. The van der Waals surface area contributed by atoms with Crippen molar-refractivity contribution >= 4 is 21.7 Å². The van der Waals surface area contributed by atoms with E-state index in [0.29, 0.717) is 12.1 Å². The number of carbonyl (C=O) groups is 2. The summed E-state index contributed by atoms with van der Waals surface area (Å²) in [4.78, 5) is 31.0. The van der Waals surface area contributed by atoms with Gasteiger partial charge in [-0.2, -0.15) is 0 Å². The molecular formula is C19H21N3O4S. The minimum atomic E-state index is -3.26. The van der Waals surface area contributed by atoms with Crippen molar-refractivity contribution in [1.29, 1.82) is 0 Å². The van der Waals surface area contributed by atoms with Gasteiger partial charge in [0.25, 0.3) is 5.91 Å². The summed E-state index contributed by atoms with van der Waals surface area (Å²) in [7, 11) is -3.26. The molecule has 0 spiro atoms. The van der Waals surface area contributed by atoms with E-state index in [4.69, 9.17) is 0 Å². The summed E-state index contributed by atoms with van der Waals surface area (Å²) in [6.07, 6.45) is 4.46. The highest BCUT2D eigenvalue weighted by molar-refractivity contribution is 7.90. The minimum absolute atomic E-state index is 0.0530. The van der Waals surface area contributed by atoms with Crippen molar-refractivity contribution in [3.05, 3.63) is 65.5 Å². The molecule has 1 aliphatic rings. The summed E-state index contributed by atoms with van der Waals surface area (Å²) in [5.74, 6) is -0.790. The van der Waals surface area contributed by atoms with Gasteiger partial charge in [0.2, 0.25) is 5.91 Å². The van der Waals surface area contributed by atoms with Crippen molar-refractivity contribution in [2.24, 2.45) is 0 Å². The molecule has 142 valence electrons. The number of amides is 2. The smallest absolute Gasteiger partial charge is 0.255 e. The largest absolute Gasteiger partial charge is 0.350 e. The second kappa shape index (κ2) is 7.87. The van der Waals surface area contributed by atoms with Gasteiger partial charge in [0.05, 0.1) is 5.75 Å². The van der Waals surface area contributed by atoms with Crippen LogP contribution in [-0.2, 0) is 27.7 Å². The van der Waals surface area contributed by atoms with E-state index in [2.05, 4.69) is 10.3 Å². The predicted octanol–water partition coefficient (Wildman–Crippen LogP) is 1.16. The third-order valence-electron chi connectivity index (χ3n) is 4.48. The Balaban J connectivity index is 1.77. The van der Waals surface area contributed by atoms with E-state index in [-0.39, 0.29) is 30.5 Å². The van der Waals surface area contributed by atoms with E-state index in [1.807, 2.05) is 18.2 Å². The molecule has 1 aromatic carbocycles. The molecule has 1 aromatic heterocycles. The van der Waals surface area contributed by atoms with Crippen molar-refractivity contribution in [3.63, 3.8) is 0 Å². The number of fused-ring (bicyclic) bond motifs is 1. The summed E-state index contributed by atoms with van der Waals surface area (Å²) in [6, 6.07) is 9.92. The lowest BCUT2D eigenvalue weighted by atomic mass is 10.1. The SMILES string of the molecule is CS(=O)(=O)CC[C@H](C(=O)NCc1cccnc1)N1Cc2ccccc2C1=O. The molecule has 0 bridgehead atoms. The quantitative estimate of drug-likeness (QED) is 0.769. The Labute approximate surface area is 158 Å². The van der Waals surface area contributed by atoms with Crippen LogP contribution in [0.3, 0.4) is 0 Å². The monoisotopic (exact) mass is 387 g/mol. The van der Waals surface area contributed by atoms with Crippen LogP contribution in [0.2, 0.25) is 0 Å². The van der Waals surface area contributed by atoms with E-state index >= 15 is 0 Å². The van der Waals surface area contributed by atoms with Crippen LogP contribution in [0.25, 0.3) is 0 Å². The number of rotatable bonds is 7. The average Bonchev–Trinajstić information content (AvgIpc) is 2.97. The van der Waals surface area contributed by atoms with E-state index in [1.54, 1.807) is 30.6 Å². The molecule has 0 saturated heterocycles. The maximum Gasteiger partial charge on any atom is 0.255 e. The molecule has 2 amide bonds. The lowest BCUT2D eigenvalue weighted by molar-refractivity contribution is -0.126. The fourth-order valence-corrected chi connectivity index (χ4v) is 3.74. The van der Waals surface area contributed by atoms with E-state index < -0.39 is 15.9 Å². The van der Waals surface area contributed by atoms with Crippen molar-refractivity contribution in [1.82, 2.24) is 15.2 Å². The Kier molecular flexibility index (Phi) is 5.55. The summed E-state index contributed by atoms with van der Waals surface area (Å²) in [5, 5.41) is 2.79. The summed E-state index contributed by atoms with van der Waals surface area (Å²) < 4.78 is 23.2. The van der Waals surface area contributed by atoms with Gasteiger partial charge in [-0.1, -0.05) is 24.3 Å². The van der Waals surface area contributed by atoms with Gasteiger partial charge in [-0.25, -0.2) is 8.42 Å². The molecule has 0 radical (unpaired) electrons. The third kappa shape index (κ3) is 4.71. The minimum Gasteiger partial charge on any atom is -0.350 e. The molecule has 8 heteroatoms. The van der Waals surface area contributed by atoms with Gasteiger partial charge in [-0.15, -0.1) is 0 Å². The van der Waals surface area contributed by atoms with Crippen LogP contribution in [0.4, 0.5) is 0 Å². The molecule has 0 aliphatic carbocycles. The van der Waals surface area contributed by atoms with Crippen molar-refractivity contribution in [2.75, 3.05) is 12.0 Å². The Morgan fingerprint density at radius 3 is 2.70 bits per heavy atom. The van der Waals surface area contributed by atoms with Crippen LogP contribution < -0.4 is 5.32 Å². The summed E-state index contributed by atoms with van der Waals surface area (Å²) in [5.41, 5.74) is 2.22. The second-order valence-corrected chi connectivity index (χ2v) is 8.86. The van der Waals surface area contributed by atoms with Crippen LogP contribution in [0.15, 0.2) is 48.8 Å². The first-order valence-corrected chi connectivity index (χ1v) is 10.6. The lowest BCUT2D eigenvalue weighted by Gasteiger charge is -2.26. The first kappa shape index (κ1) is 19.0. The first-order chi connectivity index (χ1) is 12.8. The van der Waals surface area contributed by atoms with E-state index in [9.17, 15) is 18.0 Å². The van der Waals surface area contributed by atoms with Crippen LogP contribution in [0.5, 0.6) is 0 Å². The van der Waals surface area contributed by atoms with Crippen molar-refractivity contribution in [2.45, 2.75) is 25.6 Å². The second-order valence-electron chi connectivity index (χ2n) is 6.60. The normalized spacial score (nSPS) is 14.7. The van der Waals surface area contributed by atoms with Gasteiger partial charge in [0.15, 0.2) is 0 Å². The summed E-state index contributed by atoms with van der Waals surface area (Å²) >= 11 is 0. The van der Waals surface area contributed by atoms with Crippen LogP contribution in [0.1, 0.15) is 27.9 Å². The highest BCUT2D eigenvalue weighted by Crippen LogP contribution is 2.25. The van der Waals surface area contributed by atoms with Gasteiger partial charge in [0, 0.05) is 37.3 Å². The molecule has 0 fully saturated rings. The molecule has 1 aliphatic heterocycles. The maximum absolute atomic E-state index is 12.8. The van der Waals surface area contributed by atoms with Gasteiger partial charge in [-0.3, -0.25) is 14.6 Å². The topological polar surface area (TPSA) is 96.4 Å². The van der Waals surface area contributed by atoms with Gasteiger partial charge in [-0.05, 0) is 29.7 Å². The average molecular weight is 387 g/mol. The number of hydrogen-bond donors (Lipinski definition) is 1. The highest BCUT2D eigenvalue weighted by Gasteiger charge is 2.36. The Hall–Kier alpha value is -2.74. The zero-order chi connectivity index (χ0) is 19.4. The third-order valence-corrected chi connectivity index (χ3v) is 5.46. The van der Waals surface area contributed by atoms with E-state index in [1.165, 1.54) is 4.90 Å². The number of nitrogens with zero attached hydrogens (tertiary/aromatic N) is 2. The fourth-order valence-electron chi connectivity index (χ4n) is 3.09. The molecular weight excluding hydrogens is 366 g/mol. The number of hydrogen-bond acceptors (Lipinski definition) is 5. The van der Waals surface area contributed by atoms with Gasteiger partial charge in [0.1, 0.15) is 15.9 Å². The number of benzene rings is 1. The Bertz CT molecular complexity index is 944. The number of nitrogens with one attached hydrogen (secondary N) is 1. The number of pyridine rings is 1. The molecule has 1 N–H and O–H groups in total.